The third-order valence-electron chi connectivity index (χ3n) is 0.800. The van der Waals surface area contributed by atoms with Crippen LogP contribution in [0.2, 0.25) is 0 Å². The summed E-state index contributed by atoms with van der Waals surface area (Å²) in [5.74, 6) is 0. The summed E-state index contributed by atoms with van der Waals surface area (Å²) in [4.78, 5) is 0. The van der Waals surface area contributed by atoms with E-state index in [1.807, 2.05) is 6.07 Å². The van der Waals surface area contributed by atoms with Gasteiger partial charge in [-0.05, 0) is 0 Å². The molecule has 0 aromatic heterocycles. The van der Waals surface area contributed by atoms with Crippen LogP contribution >= 0.6 is 0 Å². The maximum atomic E-state index is 2.11. The molecule has 1 aromatic carbocycles. The molecule has 1 nitrogen and oxygen atoms in total. The van der Waals surface area contributed by atoms with E-state index in [2.05, 4.69) is 24.3 Å². The molecule has 0 aliphatic rings. The van der Waals surface area contributed by atoms with Crippen LogP contribution in [0.3, 0.4) is 0 Å². The molecule has 0 saturated heterocycles. The zero-order valence-electron chi connectivity index (χ0n) is 4.67. The number of rotatable bonds is 0. The van der Waals surface area contributed by atoms with Gasteiger partial charge in [0.1, 0.15) is 0 Å². The Hall–Kier alpha value is -0.262. The third kappa shape index (κ3) is 2.15. The van der Waals surface area contributed by atoms with Crippen molar-refractivity contribution in [1.29, 1.82) is 0 Å². The Bertz CT molecular complexity index is 138. The van der Waals surface area contributed by atoms with E-state index in [0.717, 1.165) is 0 Å². The Morgan fingerprint density at radius 2 is 1.50 bits per heavy atom. The Kier molecular flexibility index (Phi) is 3.58. The molecule has 0 amide bonds. The van der Waals surface area contributed by atoms with E-state index in [4.69, 9.17) is 0 Å². The first-order valence-electron chi connectivity index (χ1n) is 2.20. The Labute approximate surface area is 58.2 Å². The first-order chi connectivity index (χ1) is 3.39. The normalized spacial score (nSPS) is 7.62. The maximum absolute atomic E-state index is 2.11. The van der Waals surface area contributed by atoms with Crippen LogP contribution < -0.4 is 10.5 Å². The molecule has 1 unspecified atom stereocenters. The van der Waals surface area contributed by atoms with Crippen molar-refractivity contribution in [3.05, 3.63) is 30.3 Å². The van der Waals surface area contributed by atoms with Gasteiger partial charge in [-0.3, -0.25) is 0 Å². The van der Waals surface area contributed by atoms with Crippen molar-refractivity contribution in [3.63, 3.8) is 0 Å². The van der Waals surface area contributed by atoms with Crippen LogP contribution in [0.4, 0.5) is 0 Å². The number of hydrogen-bond acceptors (Lipinski definition) is 1. The van der Waals surface area contributed by atoms with Gasteiger partial charge in [-0.1, -0.05) is 0 Å². The fourth-order valence-corrected chi connectivity index (χ4v) is 0.919. The molecule has 44 valence electrons. The summed E-state index contributed by atoms with van der Waals surface area (Å²) in [6.45, 7) is 0. The molecule has 8 heavy (non-hydrogen) atoms. The SMILES string of the molecule is N.[AsH2]c1ccccc1. The summed E-state index contributed by atoms with van der Waals surface area (Å²) in [6.07, 6.45) is 0. The van der Waals surface area contributed by atoms with Crippen molar-refractivity contribution in [2.45, 2.75) is 0 Å². The minimum absolute atomic E-state index is 0. The van der Waals surface area contributed by atoms with Gasteiger partial charge in [-0.2, -0.15) is 0 Å². The van der Waals surface area contributed by atoms with E-state index < -0.39 is 0 Å². The van der Waals surface area contributed by atoms with Gasteiger partial charge in [-0.25, -0.2) is 0 Å². The molecule has 0 saturated carbocycles. The first kappa shape index (κ1) is 7.74. The Morgan fingerprint density at radius 3 is 1.75 bits per heavy atom. The van der Waals surface area contributed by atoms with E-state index in [1.54, 1.807) is 16.9 Å². The van der Waals surface area contributed by atoms with Gasteiger partial charge in [-0.15, -0.1) is 0 Å². The van der Waals surface area contributed by atoms with Crippen LogP contribution in [0.15, 0.2) is 30.3 Å². The molecule has 0 aliphatic carbocycles. The van der Waals surface area contributed by atoms with Crippen LogP contribution in [0.25, 0.3) is 0 Å². The molecule has 0 fully saturated rings. The van der Waals surface area contributed by atoms with Crippen molar-refractivity contribution in [2.75, 3.05) is 0 Å². The molecule has 0 bridgehead atoms. The summed E-state index contributed by atoms with van der Waals surface area (Å²) in [7, 11) is 0. The molecule has 0 radical (unpaired) electrons. The fourth-order valence-electron chi connectivity index (χ4n) is 0.453. The van der Waals surface area contributed by atoms with Crippen LogP contribution in [0, 0.1) is 0 Å². The van der Waals surface area contributed by atoms with Gasteiger partial charge >= 0.3 is 51.5 Å². The van der Waals surface area contributed by atoms with Gasteiger partial charge < -0.3 is 6.15 Å². The van der Waals surface area contributed by atoms with Gasteiger partial charge in [0.15, 0.2) is 0 Å². The fraction of sp³-hybridized carbons (Fsp3) is 0. The number of benzene rings is 1. The van der Waals surface area contributed by atoms with Gasteiger partial charge in [0.05, 0.1) is 0 Å². The van der Waals surface area contributed by atoms with Crippen LogP contribution in [-0.2, 0) is 0 Å². The molecule has 0 aliphatic heterocycles. The summed E-state index contributed by atoms with van der Waals surface area (Å²) >= 11 is 1.67. The molecule has 1 aromatic rings. The second-order valence-electron chi connectivity index (χ2n) is 1.41. The monoisotopic (exact) mass is 171 g/mol. The van der Waals surface area contributed by atoms with Gasteiger partial charge in [0.2, 0.25) is 0 Å². The van der Waals surface area contributed by atoms with Crippen LogP contribution in [-0.4, -0.2) is 16.9 Å². The zero-order valence-corrected chi connectivity index (χ0v) is 7.09. The molecular weight excluding hydrogens is 161 g/mol. The predicted octanol–water partition coefficient (Wildman–Crippen LogP) is 0.107. The van der Waals surface area contributed by atoms with Crippen LogP contribution in [0.1, 0.15) is 0 Å². The van der Waals surface area contributed by atoms with Crippen molar-refractivity contribution < 1.29 is 0 Å². The average molecular weight is 171 g/mol. The Balaban J connectivity index is 0.000000490. The third-order valence-corrected chi connectivity index (χ3v) is 1.61. The molecule has 3 N–H and O–H groups in total. The summed E-state index contributed by atoms with van der Waals surface area (Å²) in [6, 6.07) is 10.4. The molecule has 1 atom stereocenters. The first-order valence-corrected chi connectivity index (χ1v) is 3.41. The standard InChI is InChI=1S/C6H7As.H3N/c7-6-4-2-1-3-5-6;/h1-5H,7H2;1H3. The van der Waals surface area contributed by atoms with Crippen molar-refractivity contribution >= 4 is 21.2 Å². The van der Waals surface area contributed by atoms with Crippen molar-refractivity contribution in [3.8, 4) is 0 Å². The quantitative estimate of drug-likeness (QED) is 0.552. The molecule has 0 spiro atoms. The van der Waals surface area contributed by atoms with E-state index in [9.17, 15) is 0 Å². The summed E-state index contributed by atoms with van der Waals surface area (Å²) < 4.78 is 1.38. The predicted molar refractivity (Wildman–Crippen MR) is 39.6 cm³/mol. The van der Waals surface area contributed by atoms with E-state index >= 15 is 0 Å². The molecular formula is C6H10AsN. The summed E-state index contributed by atoms with van der Waals surface area (Å²) in [5, 5.41) is 0. The van der Waals surface area contributed by atoms with E-state index in [0.29, 0.717) is 0 Å². The Morgan fingerprint density at radius 1 is 1.00 bits per heavy atom. The van der Waals surface area contributed by atoms with Crippen molar-refractivity contribution in [1.82, 2.24) is 6.15 Å². The summed E-state index contributed by atoms with van der Waals surface area (Å²) in [5.41, 5.74) is 0. The van der Waals surface area contributed by atoms with Crippen LogP contribution in [0.5, 0.6) is 0 Å². The molecule has 1 rings (SSSR count). The van der Waals surface area contributed by atoms with E-state index in [1.165, 1.54) is 4.35 Å². The van der Waals surface area contributed by atoms with Gasteiger partial charge in [0.25, 0.3) is 0 Å². The zero-order chi connectivity index (χ0) is 5.11. The van der Waals surface area contributed by atoms with E-state index in [-0.39, 0.29) is 6.15 Å². The average Bonchev–Trinajstić information content (AvgIpc) is 1.69. The minimum atomic E-state index is 0. The molecule has 0 heterocycles. The molecule has 2 heteroatoms. The second-order valence-corrected chi connectivity index (χ2v) is 2.81. The van der Waals surface area contributed by atoms with Gasteiger partial charge in [0, 0.05) is 0 Å². The van der Waals surface area contributed by atoms with Crippen molar-refractivity contribution in [2.24, 2.45) is 0 Å². The topological polar surface area (TPSA) is 35.0 Å². The second kappa shape index (κ2) is 3.71. The number of hydrogen-bond donors (Lipinski definition) is 1.